The fourth-order valence-corrected chi connectivity index (χ4v) is 2.41. The number of nitrogens with zero attached hydrogens (tertiary/aromatic N) is 1. The first-order valence-corrected chi connectivity index (χ1v) is 7.69. The van der Waals surface area contributed by atoms with Crippen molar-refractivity contribution in [2.75, 3.05) is 23.9 Å². The van der Waals surface area contributed by atoms with Gasteiger partial charge in [-0.2, -0.15) is 0 Å². The van der Waals surface area contributed by atoms with Gasteiger partial charge in [-0.15, -0.1) is 0 Å². The number of benzene rings is 2. The number of anilines is 2. The number of nitrogens with one attached hydrogen (secondary N) is 1. The zero-order chi connectivity index (χ0) is 17.1. The van der Waals surface area contributed by atoms with E-state index >= 15 is 0 Å². The Morgan fingerprint density at radius 1 is 1.25 bits per heavy atom. The average Bonchev–Trinajstić information content (AvgIpc) is 2.58. The van der Waals surface area contributed by atoms with E-state index in [0.717, 1.165) is 5.56 Å². The summed E-state index contributed by atoms with van der Waals surface area (Å²) in [5.41, 5.74) is 2.16. The second kappa shape index (κ2) is 6.76. The number of carbonyl (C=O) groups excluding carboxylic acids is 2. The van der Waals surface area contributed by atoms with Gasteiger partial charge in [-0.3, -0.25) is 9.59 Å². The van der Waals surface area contributed by atoms with Gasteiger partial charge in [0.2, 0.25) is 5.91 Å². The SMILES string of the molecule is CN1C(=O)COc2cc(NC(=O)/C=C/c3ccc(Cl)cc3)ccc21. The predicted octanol–water partition coefficient (Wildman–Crippen LogP) is 3.35. The van der Waals surface area contributed by atoms with Crippen LogP contribution in [-0.2, 0) is 9.59 Å². The quantitative estimate of drug-likeness (QED) is 0.870. The highest BCUT2D eigenvalue weighted by Crippen LogP contribution is 2.33. The van der Waals surface area contributed by atoms with E-state index < -0.39 is 0 Å². The highest BCUT2D eigenvalue weighted by atomic mass is 35.5. The summed E-state index contributed by atoms with van der Waals surface area (Å²) in [5.74, 6) is 0.201. The molecule has 24 heavy (non-hydrogen) atoms. The summed E-state index contributed by atoms with van der Waals surface area (Å²) in [6.07, 6.45) is 3.15. The third kappa shape index (κ3) is 3.58. The van der Waals surface area contributed by atoms with Crippen molar-refractivity contribution in [3.05, 3.63) is 59.1 Å². The maximum Gasteiger partial charge on any atom is 0.264 e. The molecule has 1 N–H and O–H groups in total. The highest BCUT2D eigenvalue weighted by Gasteiger charge is 2.22. The summed E-state index contributed by atoms with van der Waals surface area (Å²) in [4.78, 5) is 25.1. The first-order valence-electron chi connectivity index (χ1n) is 7.31. The third-order valence-electron chi connectivity index (χ3n) is 3.61. The summed E-state index contributed by atoms with van der Waals surface area (Å²) in [5, 5.41) is 3.41. The number of ether oxygens (including phenoxy) is 1. The summed E-state index contributed by atoms with van der Waals surface area (Å²) in [6.45, 7) is -0.00261. The van der Waals surface area contributed by atoms with Crippen molar-refractivity contribution in [3.8, 4) is 5.75 Å². The maximum atomic E-state index is 12.0. The minimum atomic E-state index is -0.259. The monoisotopic (exact) mass is 342 g/mol. The molecule has 5 nitrogen and oxygen atoms in total. The Bertz CT molecular complexity index is 816. The Hall–Kier alpha value is -2.79. The number of fused-ring (bicyclic) bond motifs is 1. The fourth-order valence-electron chi connectivity index (χ4n) is 2.28. The van der Waals surface area contributed by atoms with E-state index in [1.807, 2.05) is 12.1 Å². The number of hydrogen-bond acceptors (Lipinski definition) is 3. The highest BCUT2D eigenvalue weighted by molar-refractivity contribution is 6.30. The van der Waals surface area contributed by atoms with Crippen molar-refractivity contribution in [3.63, 3.8) is 0 Å². The van der Waals surface area contributed by atoms with Gasteiger partial charge in [0.1, 0.15) is 5.75 Å². The molecule has 0 bridgehead atoms. The smallest absolute Gasteiger partial charge is 0.264 e. The van der Waals surface area contributed by atoms with Crippen LogP contribution in [0.25, 0.3) is 6.08 Å². The van der Waals surface area contributed by atoms with Gasteiger partial charge in [-0.25, -0.2) is 0 Å². The van der Waals surface area contributed by atoms with Crippen LogP contribution in [0.5, 0.6) is 5.75 Å². The average molecular weight is 343 g/mol. The van der Waals surface area contributed by atoms with Crippen molar-refractivity contribution in [2.45, 2.75) is 0 Å². The lowest BCUT2D eigenvalue weighted by Crippen LogP contribution is -2.35. The minimum absolute atomic E-state index is 0.00261. The van der Waals surface area contributed by atoms with Crippen LogP contribution in [-0.4, -0.2) is 25.5 Å². The molecule has 6 heteroatoms. The maximum absolute atomic E-state index is 12.0. The van der Waals surface area contributed by atoms with E-state index in [-0.39, 0.29) is 18.4 Å². The molecule has 2 aromatic carbocycles. The molecule has 0 aliphatic carbocycles. The minimum Gasteiger partial charge on any atom is -0.481 e. The molecule has 2 aromatic rings. The van der Waals surface area contributed by atoms with Crippen LogP contribution in [0.1, 0.15) is 5.56 Å². The number of rotatable bonds is 3. The number of carbonyl (C=O) groups is 2. The molecule has 2 amide bonds. The Labute approximate surface area is 144 Å². The Morgan fingerprint density at radius 2 is 2.00 bits per heavy atom. The van der Waals surface area contributed by atoms with Crippen molar-refractivity contribution in [2.24, 2.45) is 0 Å². The lowest BCUT2D eigenvalue weighted by molar-refractivity contribution is -0.121. The molecule has 1 aliphatic heterocycles. The summed E-state index contributed by atoms with van der Waals surface area (Å²) in [7, 11) is 1.69. The summed E-state index contributed by atoms with van der Waals surface area (Å²) in [6, 6.07) is 12.3. The molecule has 0 fully saturated rings. The molecular weight excluding hydrogens is 328 g/mol. The second-order valence-corrected chi connectivity index (χ2v) is 5.73. The van der Waals surface area contributed by atoms with Gasteiger partial charge in [0, 0.05) is 29.9 Å². The van der Waals surface area contributed by atoms with Crippen molar-refractivity contribution < 1.29 is 14.3 Å². The molecule has 0 saturated heterocycles. The molecule has 1 heterocycles. The van der Waals surface area contributed by atoms with Gasteiger partial charge in [0.15, 0.2) is 6.61 Å². The number of halogens is 1. The summed E-state index contributed by atoms with van der Waals surface area (Å²) < 4.78 is 5.40. The van der Waals surface area contributed by atoms with Crippen LogP contribution >= 0.6 is 11.6 Å². The lowest BCUT2D eigenvalue weighted by atomic mass is 10.2. The number of amides is 2. The third-order valence-corrected chi connectivity index (χ3v) is 3.86. The normalized spacial score (nSPS) is 13.6. The number of likely N-dealkylation sites (N-methyl/N-ethyl adjacent to an activating group) is 1. The topological polar surface area (TPSA) is 58.6 Å². The zero-order valence-electron chi connectivity index (χ0n) is 13.0. The zero-order valence-corrected chi connectivity index (χ0v) is 13.7. The molecule has 0 aromatic heterocycles. The van der Waals surface area contributed by atoms with Crippen molar-refractivity contribution in [1.82, 2.24) is 0 Å². The molecular formula is C18H15ClN2O3. The standard InChI is InChI=1S/C18H15ClN2O3/c1-21-15-8-7-14(10-16(15)24-11-18(21)23)20-17(22)9-4-12-2-5-13(19)6-3-12/h2-10H,11H2,1H3,(H,20,22)/b9-4+. The van der Waals surface area contributed by atoms with Crippen LogP contribution in [0, 0.1) is 0 Å². The molecule has 3 rings (SSSR count). The lowest BCUT2D eigenvalue weighted by Gasteiger charge is -2.26. The number of hydrogen-bond donors (Lipinski definition) is 1. The van der Waals surface area contributed by atoms with E-state index in [9.17, 15) is 9.59 Å². The van der Waals surface area contributed by atoms with Gasteiger partial charge < -0.3 is 15.0 Å². The van der Waals surface area contributed by atoms with Gasteiger partial charge in [0.25, 0.3) is 5.91 Å². The van der Waals surface area contributed by atoms with E-state index in [0.29, 0.717) is 22.1 Å². The Morgan fingerprint density at radius 3 is 2.75 bits per heavy atom. The van der Waals surface area contributed by atoms with E-state index in [4.69, 9.17) is 16.3 Å². The molecule has 0 spiro atoms. The van der Waals surface area contributed by atoms with Crippen LogP contribution in [0.4, 0.5) is 11.4 Å². The van der Waals surface area contributed by atoms with Crippen LogP contribution in [0.15, 0.2) is 48.5 Å². The molecule has 0 unspecified atom stereocenters. The van der Waals surface area contributed by atoms with Gasteiger partial charge in [0.05, 0.1) is 5.69 Å². The molecule has 122 valence electrons. The van der Waals surface area contributed by atoms with Gasteiger partial charge >= 0.3 is 0 Å². The van der Waals surface area contributed by atoms with Crippen molar-refractivity contribution >= 4 is 40.9 Å². The molecule has 0 radical (unpaired) electrons. The summed E-state index contributed by atoms with van der Waals surface area (Å²) >= 11 is 5.82. The molecule has 0 atom stereocenters. The van der Waals surface area contributed by atoms with Crippen LogP contribution < -0.4 is 15.0 Å². The largest absolute Gasteiger partial charge is 0.481 e. The predicted molar refractivity (Wildman–Crippen MR) is 94.5 cm³/mol. The Balaban J connectivity index is 1.69. The van der Waals surface area contributed by atoms with Crippen LogP contribution in [0.3, 0.4) is 0 Å². The fraction of sp³-hybridized carbons (Fsp3) is 0.111. The Kier molecular flexibility index (Phi) is 4.53. The van der Waals surface area contributed by atoms with E-state index in [1.165, 1.54) is 11.0 Å². The second-order valence-electron chi connectivity index (χ2n) is 5.30. The molecule has 0 saturated carbocycles. The van der Waals surface area contributed by atoms with Gasteiger partial charge in [-0.1, -0.05) is 23.7 Å². The first-order chi connectivity index (χ1) is 11.5. The molecule has 1 aliphatic rings. The van der Waals surface area contributed by atoms with Crippen LogP contribution in [0.2, 0.25) is 5.02 Å². The van der Waals surface area contributed by atoms with Crippen molar-refractivity contribution in [1.29, 1.82) is 0 Å². The van der Waals surface area contributed by atoms with E-state index in [1.54, 1.807) is 43.5 Å². The van der Waals surface area contributed by atoms with Gasteiger partial charge in [-0.05, 0) is 35.9 Å². The first kappa shape index (κ1) is 16.1. The van der Waals surface area contributed by atoms with E-state index in [2.05, 4.69) is 5.32 Å².